The van der Waals surface area contributed by atoms with Crippen molar-refractivity contribution in [3.05, 3.63) is 83.4 Å². The summed E-state index contributed by atoms with van der Waals surface area (Å²) in [5.74, 6) is -0.999. The number of aromatic nitrogens is 1. The third-order valence-electron chi connectivity index (χ3n) is 7.14. The Morgan fingerprint density at radius 3 is 2.48 bits per heavy atom. The summed E-state index contributed by atoms with van der Waals surface area (Å²) in [7, 11) is 1.46. The highest BCUT2D eigenvalue weighted by Crippen LogP contribution is 2.34. The minimum atomic E-state index is -0.696. The van der Waals surface area contributed by atoms with Gasteiger partial charge in [-0.2, -0.15) is 0 Å². The highest BCUT2D eigenvalue weighted by atomic mass is 19.1. The normalized spacial score (nSPS) is 16.8. The number of ether oxygens (including phenoxy) is 2. The van der Waals surface area contributed by atoms with E-state index in [1.54, 1.807) is 30.6 Å². The van der Waals surface area contributed by atoms with Crippen LogP contribution >= 0.6 is 0 Å². The predicted octanol–water partition coefficient (Wildman–Crippen LogP) is 3.65. The second-order valence-corrected chi connectivity index (χ2v) is 10.4. The Labute approximate surface area is 267 Å². The van der Waals surface area contributed by atoms with Crippen LogP contribution in [0.15, 0.2) is 60.9 Å². The highest BCUT2D eigenvalue weighted by molar-refractivity contribution is 5.95. The molecule has 3 heterocycles. The molecule has 0 fully saturated rings. The van der Waals surface area contributed by atoms with Gasteiger partial charge in [0.2, 0.25) is 11.8 Å². The number of fused-ring (bicyclic) bond motifs is 16. The van der Waals surface area contributed by atoms with Gasteiger partial charge in [0.25, 0.3) is 12.4 Å². The zero-order valence-corrected chi connectivity index (χ0v) is 26.0. The van der Waals surface area contributed by atoms with E-state index in [2.05, 4.69) is 25.8 Å². The summed E-state index contributed by atoms with van der Waals surface area (Å²) < 4.78 is 26.2. The molecule has 0 unspecified atom stereocenters. The number of carboxylic acid groups (broad SMARTS) is 1. The fraction of sp³-hybridized carbons (Fsp3) is 0.364. The van der Waals surface area contributed by atoms with E-state index in [-0.39, 0.29) is 48.7 Å². The maximum Gasteiger partial charge on any atom is 0.290 e. The number of carbonyl (C=O) groups is 4. The molecule has 2 aliphatic heterocycles. The third-order valence-corrected chi connectivity index (χ3v) is 7.14. The highest BCUT2D eigenvalue weighted by Gasteiger charge is 2.20. The fourth-order valence-electron chi connectivity index (χ4n) is 4.77. The van der Waals surface area contributed by atoms with E-state index < -0.39 is 11.9 Å². The summed E-state index contributed by atoms with van der Waals surface area (Å²) in [6.45, 7) is 4.10. The van der Waals surface area contributed by atoms with Gasteiger partial charge in [-0.15, -0.1) is 0 Å². The Morgan fingerprint density at radius 1 is 1.04 bits per heavy atom. The molecule has 12 nitrogen and oxygen atoms in total. The van der Waals surface area contributed by atoms with Crippen molar-refractivity contribution in [3.63, 3.8) is 0 Å². The number of halogens is 1. The molecule has 2 aliphatic rings. The first-order chi connectivity index (χ1) is 22.3. The molecule has 1 aromatic heterocycles. The van der Waals surface area contributed by atoms with Gasteiger partial charge >= 0.3 is 0 Å². The summed E-state index contributed by atoms with van der Waals surface area (Å²) in [6, 6.07) is 12.3. The second kappa shape index (κ2) is 18.7. The lowest BCUT2D eigenvalue weighted by molar-refractivity contribution is -0.129. The molecule has 13 heteroatoms. The van der Waals surface area contributed by atoms with Crippen molar-refractivity contribution in [1.82, 2.24) is 25.8 Å². The lowest BCUT2D eigenvalue weighted by atomic mass is 10.1. The third kappa shape index (κ3) is 11.1. The number of nitrogens with zero attached hydrogens (tertiary/aromatic N) is 2. The van der Waals surface area contributed by atoms with Gasteiger partial charge in [-0.25, -0.2) is 4.39 Å². The molecular weight excluding hydrogens is 597 g/mol. The second-order valence-electron chi connectivity index (χ2n) is 10.4. The first-order valence-corrected chi connectivity index (χ1v) is 15.0. The van der Waals surface area contributed by atoms with E-state index >= 15 is 0 Å². The Morgan fingerprint density at radius 2 is 1.78 bits per heavy atom. The van der Waals surface area contributed by atoms with Gasteiger partial charge in [0.05, 0.1) is 7.11 Å². The van der Waals surface area contributed by atoms with Gasteiger partial charge in [0.1, 0.15) is 6.04 Å². The van der Waals surface area contributed by atoms with Gasteiger partial charge in [0.15, 0.2) is 23.1 Å². The van der Waals surface area contributed by atoms with Crippen molar-refractivity contribution in [1.29, 1.82) is 0 Å². The Balaban J connectivity index is 0.00000185. The van der Waals surface area contributed by atoms with Crippen LogP contribution in [0, 0.1) is 5.82 Å². The number of pyridine rings is 1. The lowest BCUT2D eigenvalue weighted by Crippen LogP contribution is -2.46. The van der Waals surface area contributed by atoms with Crippen molar-refractivity contribution < 1.29 is 38.1 Å². The van der Waals surface area contributed by atoms with Crippen LogP contribution in [0.25, 0.3) is 0 Å². The van der Waals surface area contributed by atoms with Crippen molar-refractivity contribution in [2.75, 3.05) is 26.7 Å². The Bertz CT molecular complexity index is 1460. The summed E-state index contributed by atoms with van der Waals surface area (Å²) in [5.41, 5.74) is 1.96. The largest absolute Gasteiger partial charge is 0.493 e. The molecule has 4 N–H and O–H groups in total. The standard InChI is InChI=1S/C32H38FN5O5.CH2O2/c1-3-26-32(41)36-20-23-7-9-27(25(33)18-23)43-29-19-24(8-10-28(29)42-2)31(40)35-13-5-17-38(16-4-6-30(39)37-26)21-22-11-14-34-15-12-22;2-1-3/h7-12,14-15,18-19,26H,3-6,13,16-17,20-21H2,1-2H3,(H,35,40)(H,36,41)(H,37,39);1H,(H,2,3)/t26-;/m0./s1. The number of hydrogen-bond acceptors (Lipinski definition) is 8. The van der Waals surface area contributed by atoms with Gasteiger partial charge in [-0.1, -0.05) is 13.0 Å². The van der Waals surface area contributed by atoms with Crippen LogP contribution in [0.4, 0.5) is 4.39 Å². The van der Waals surface area contributed by atoms with E-state index in [9.17, 15) is 18.8 Å². The molecule has 0 radical (unpaired) electrons. The number of carbonyl (C=O) groups excluding carboxylic acids is 3. The Hall–Kier alpha value is -5.04. The molecule has 5 rings (SSSR count). The number of nitrogens with one attached hydrogen (secondary N) is 3. The van der Waals surface area contributed by atoms with Crippen molar-refractivity contribution in [3.8, 4) is 17.2 Å². The predicted molar refractivity (Wildman–Crippen MR) is 168 cm³/mol. The maximum absolute atomic E-state index is 15.0. The molecule has 1 atom stereocenters. The van der Waals surface area contributed by atoms with Gasteiger partial charge in [-0.05, 0) is 79.4 Å². The first kappa shape index (κ1) is 35.4. The molecule has 0 aliphatic carbocycles. The van der Waals surface area contributed by atoms with E-state index in [0.717, 1.165) is 5.56 Å². The molecule has 246 valence electrons. The molecule has 0 spiro atoms. The van der Waals surface area contributed by atoms with Crippen LogP contribution in [0.2, 0.25) is 0 Å². The van der Waals surface area contributed by atoms with E-state index in [1.807, 2.05) is 19.1 Å². The van der Waals surface area contributed by atoms with Gasteiger partial charge in [0, 0.05) is 50.6 Å². The summed E-state index contributed by atoms with van der Waals surface area (Å²) in [4.78, 5) is 53.1. The molecule has 0 saturated carbocycles. The smallest absolute Gasteiger partial charge is 0.290 e. The summed E-state index contributed by atoms with van der Waals surface area (Å²) >= 11 is 0. The molecule has 3 aromatic rings. The van der Waals surface area contributed by atoms with E-state index in [4.69, 9.17) is 19.4 Å². The molecule has 46 heavy (non-hydrogen) atoms. The monoisotopic (exact) mass is 637 g/mol. The number of rotatable bonds is 4. The van der Waals surface area contributed by atoms with Gasteiger partial charge in [-0.3, -0.25) is 29.1 Å². The number of benzene rings is 2. The van der Waals surface area contributed by atoms with Crippen LogP contribution in [-0.2, 0) is 27.5 Å². The van der Waals surface area contributed by atoms with Crippen molar-refractivity contribution in [2.24, 2.45) is 0 Å². The minimum absolute atomic E-state index is 0.0580. The fourth-order valence-corrected chi connectivity index (χ4v) is 4.77. The lowest BCUT2D eigenvalue weighted by Gasteiger charge is -2.23. The molecule has 0 saturated heterocycles. The first-order valence-electron chi connectivity index (χ1n) is 15.0. The van der Waals surface area contributed by atoms with E-state index in [1.165, 1.54) is 25.3 Å². The van der Waals surface area contributed by atoms with Gasteiger partial charge < -0.3 is 30.5 Å². The number of methoxy groups -OCH3 is 1. The molecule has 2 aromatic carbocycles. The molecule has 4 bridgehead atoms. The van der Waals surface area contributed by atoms with Crippen LogP contribution in [0.1, 0.15) is 54.1 Å². The number of amides is 3. The van der Waals surface area contributed by atoms with E-state index in [0.29, 0.717) is 62.3 Å². The van der Waals surface area contributed by atoms with Crippen LogP contribution in [0.3, 0.4) is 0 Å². The average molecular weight is 638 g/mol. The summed E-state index contributed by atoms with van der Waals surface area (Å²) in [5, 5.41) is 15.4. The minimum Gasteiger partial charge on any atom is -0.493 e. The number of hydrogen-bond donors (Lipinski definition) is 4. The zero-order valence-electron chi connectivity index (χ0n) is 26.0. The quantitative estimate of drug-likeness (QED) is 0.313. The molecule has 3 amide bonds. The zero-order chi connectivity index (χ0) is 33.3. The maximum atomic E-state index is 15.0. The van der Waals surface area contributed by atoms with Crippen LogP contribution in [0.5, 0.6) is 17.2 Å². The van der Waals surface area contributed by atoms with Crippen LogP contribution in [-0.4, -0.2) is 72.0 Å². The van der Waals surface area contributed by atoms with Crippen LogP contribution < -0.4 is 25.4 Å². The topological polar surface area (TPSA) is 159 Å². The molecular formula is C33H40FN5O7. The SMILES string of the molecule is CC[C@@H]1NC(=O)CCCN(Cc2ccncc2)CCCNC(=O)c2ccc(OC)c(c2)Oc2ccc(cc2F)CNC1=O.O=CO. The van der Waals surface area contributed by atoms with Crippen molar-refractivity contribution in [2.45, 2.75) is 51.7 Å². The van der Waals surface area contributed by atoms with Crippen molar-refractivity contribution >= 4 is 24.2 Å². The average Bonchev–Trinajstić information content (AvgIpc) is 3.05. The Kier molecular flexibility index (Phi) is 14.4. The summed E-state index contributed by atoms with van der Waals surface area (Å²) in [6.07, 6.45) is 5.45.